The van der Waals surface area contributed by atoms with Crippen LogP contribution in [-0.4, -0.2) is 31.1 Å². The molecular weight excluding hydrogens is 240 g/mol. The van der Waals surface area contributed by atoms with Crippen molar-refractivity contribution < 1.29 is 0 Å². The Kier molecular flexibility index (Phi) is 3.73. The lowest BCUT2D eigenvalue weighted by molar-refractivity contribution is 0.104. The van der Waals surface area contributed by atoms with Crippen LogP contribution in [0.25, 0.3) is 0 Å². The topological polar surface area (TPSA) is 15.3 Å². The summed E-state index contributed by atoms with van der Waals surface area (Å²) < 4.78 is 0. The van der Waals surface area contributed by atoms with Crippen molar-refractivity contribution in [3.8, 4) is 0 Å². The largest absolute Gasteiger partial charge is 0.316 e. The molecule has 0 amide bonds. The minimum atomic E-state index is 0.534. The number of thiophene rings is 1. The van der Waals surface area contributed by atoms with E-state index >= 15 is 0 Å². The van der Waals surface area contributed by atoms with Gasteiger partial charge in [0.15, 0.2) is 0 Å². The van der Waals surface area contributed by atoms with Crippen LogP contribution in [0.5, 0.6) is 0 Å². The molecular formula is C15H24N2S. The highest BCUT2D eigenvalue weighted by molar-refractivity contribution is 7.10. The summed E-state index contributed by atoms with van der Waals surface area (Å²) in [5.41, 5.74) is 2.12. The van der Waals surface area contributed by atoms with Crippen LogP contribution in [0, 0.1) is 5.41 Å². The molecule has 1 saturated heterocycles. The van der Waals surface area contributed by atoms with Gasteiger partial charge in [-0.05, 0) is 54.7 Å². The Labute approximate surface area is 114 Å². The van der Waals surface area contributed by atoms with Gasteiger partial charge in [-0.15, -0.1) is 11.3 Å². The smallest absolute Gasteiger partial charge is 0.0245 e. The van der Waals surface area contributed by atoms with Crippen LogP contribution in [-0.2, 0) is 13.0 Å². The van der Waals surface area contributed by atoms with Gasteiger partial charge in [-0.2, -0.15) is 0 Å². The van der Waals surface area contributed by atoms with Gasteiger partial charge in [0, 0.05) is 31.1 Å². The van der Waals surface area contributed by atoms with E-state index in [1.165, 1.54) is 58.4 Å². The molecule has 18 heavy (non-hydrogen) atoms. The molecule has 1 atom stereocenters. The van der Waals surface area contributed by atoms with E-state index in [2.05, 4.69) is 28.6 Å². The molecule has 3 heterocycles. The molecule has 3 rings (SSSR count). The van der Waals surface area contributed by atoms with Crippen molar-refractivity contribution in [3.63, 3.8) is 0 Å². The molecule has 1 fully saturated rings. The fraction of sp³-hybridized carbons (Fsp3) is 0.733. The van der Waals surface area contributed by atoms with Crippen LogP contribution in [0.15, 0.2) is 11.4 Å². The van der Waals surface area contributed by atoms with Crippen LogP contribution >= 0.6 is 11.3 Å². The quantitative estimate of drug-likeness (QED) is 0.903. The van der Waals surface area contributed by atoms with Gasteiger partial charge in [0.2, 0.25) is 0 Å². The van der Waals surface area contributed by atoms with Gasteiger partial charge in [0.25, 0.3) is 0 Å². The maximum Gasteiger partial charge on any atom is 0.0245 e. The van der Waals surface area contributed by atoms with Crippen LogP contribution in [0.2, 0.25) is 0 Å². The molecule has 2 aliphatic rings. The Morgan fingerprint density at radius 3 is 3.22 bits per heavy atom. The second kappa shape index (κ2) is 5.32. The molecule has 1 unspecified atom stereocenters. The van der Waals surface area contributed by atoms with Gasteiger partial charge in [-0.3, -0.25) is 4.90 Å². The maximum absolute atomic E-state index is 3.61. The minimum Gasteiger partial charge on any atom is -0.316 e. The predicted molar refractivity (Wildman–Crippen MR) is 78.1 cm³/mol. The zero-order chi connectivity index (χ0) is 12.4. The van der Waals surface area contributed by atoms with Crippen molar-refractivity contribution in [2.75, 3.05) is 26.2 Å². The van der Waals surface area contributed by atoms with Gasteiger partial charge in [0.1, 0.15) is 0 Å². The molecule has 1 aromatic heterocycles. The zero-order valence-corrected chi connectivity index (χ0v) is 12.2. The molecule has 3 heteroatoms. The third-order valence-corrected chi connectivity index (χ3v) is 5.78. The van der Waals surface area contributed by atoms with Crippen molar-refractivity contribution in [1.29, 1.82) is 0 Å². The number of hydrogen-bond acceptors (Lipinski definition) is 3. The Hall–Kier alpha value is -0.380. The van der Waals surface area contributed by atoms with Gasteiger partial charge in [-0.1, -0.05) is 6.92 Å². The van der Waals surface area contributed by atoms with Crippen molar-refractivity contribution in [3.05, 3.63) is 21.9 Å². The molecule has 0 spiro atoms. The SMILES string of the molecule is CCC1(CN2CCc3sccc3C2)CCCNC1. The second-order valence-electron chi connectivity index (χ2n) is 5.96. The van der Waals surface area contributed by atoms with E-state index in [1.807, 2.05) is 11.3 Å². The van der Waals surface area contributed by atoms with Gasteiger partial charge >= 0.3 is 0 Å². The summed E-state index contributed by atoms with van der Waals surface area (Å²) >= 11 is 1.94. The summed E-state index contributed by atoms with van der Waals surface area (Å²) in [5.74, 6) is 0. The summed E-state index contributed by atoms with van der Waals surface area (Å²) in [5, 5.41) is 5.86. The minimum absolute atomic E-state index is 0.534. The molecule has 2 nitrogen and oxygen atoms in total. The Bertz CT molecular complexity index is 393. The van der Waals surface area contributed by atoms with Crippen molar-refractivity contribution in [2.24, 2.45) is 5.41 Å². The number of hydrogen-bond donors (Lipinski definition) is 1. The van der Waals surface area contributed by atoms with Crippen LogP contribution in [0.4, 0.5) is 0 Å². The lowest BCUT2D eigenvalue weighted by Gasteiger charge is -2.42. The normalized spacial score (nSPS) is 29.2. The summed E-state index contributed by atoms with van der Waals surface area (Å²) in [6.07, 6.45) is 5.34. The van der Waals surface area contributed by atoms with Crippen molar-refractivity contribution >= 4 is 11.3 Å². The Morgan fingerprint density at radius 1 is 1.50 bits per heavy atom. The number of rotatable bonds is 3. The molecule has 0 aliphatic carbocycles. The summed E-state index contributed by atoms with van der Waals surface area (Å²) in [6, 6.07) is 2.32. The van der Waals surface area contributed by atoms with E-state index in [0.29, 0.717) is 5.41 Å². The predicted octanol–water partition coefficient (Wildman–Crippen LogP) is 2.89. The molecule has 0 bridgehead atoms. The lowest BCUT2D eigenvalue weighted by Crippen LogP contribution is -2.48. The monoisotopic (exact) mass is 264 g/mol. The number of fused-ring (bicyclic) bond motifs is 1. The first-order valence-electron chi connectivity index (χ1n) is 7.30. The highest BCUT2D eigenvalue weighted by Crippen LogP contribution is 2.33. The van der Waals surface area contributed by atoms with Gasteiger partial charge in [0.05, 0.1) is 0 Å². The molecule has 0 radical (unpaired) electrons. The maximum atomic E-state index is 3.61. The van der Waals surface area contributed by atoms with E-state index < -0.39 is 0 Å². The summed E-state index contributed by atoms with van der Waals surface area (Å²) in [6.45, 7) is 8.53. The zero-order valence-electron chi connectivity index (χ0n) is 11.4. The highest BCUT2D eigenvalue weighted by atomic mass is 32.1. The summed E-state index contributed by atoms with van der Waals surface area (Å²) in [4.78, 5) is 4.31. The lowest BCUT2D eigenvalue weighted by atomic mass is 9.77. The summed E-state index contributed by atoms with van der Waals surface area (Å²) in [7, 11) is 0. The second-order valence-corrected chi connectivity index (χ2v) is 6.96. The highest BCUT2D eigenvalue weighted by Gasteiger charge is 2.33. The van der Waals surface area contributed by atoms with Gasteiger partial charge in [-0.25, -0.2) is 0 Å². The third kappa shape index (κ3) is 2.49. The third-order valence-electron chi connectivity index (χ3n) is 4.76. The number of nitrogens with zero attached hydrogens (tertiary/aromatic N) is 1. The van der Waals surface area contributed by atoms with Crippen LogP contribution < -0.4 is 5.32 Å². The van der Waals surface area contributed by atoms with E-state index in [0.717, 1.165) is 0 Å². The molecule has 100 valence electrons. The Balaban J connectivity index is 1.66. The molecule has 2 aliphatic heterocycles. The standard InChI is InChI=1S/C15H24N2S/c1-2-15(6-3-7-16-11-15)12-17-8-4-14-13(10-17)5-9-18-14/h5,9,16H,2-4,6-8,10-12H2,1H3. The molecule has 1 N–H and O–H groups in total. The van der Waals surface area contributed by atoms with Crippen LogP contribution in [0.3, 0.4) is 0 Å². The first-order valence-corrected chi connectivity index (χ1v) is 8.18. The van der Waals surface area contributed by atoms with E-state index in [1.54, 1.807) is 10.4 Å². The molecule has 0 saturated carbocycles. The first kappa shape index (κ1) is 12.6. The Morgan fingerprint density at radius 2 is 2.44 bits per heavy atom. The fourth-order valence-electron chi connectivity index (χ4n) is 3.50. The fourth-order valence-corrected chi connectivity index (χ4v) is 4.38. The average molecular weight is 264 g/mol. The molecule has 1 aromatic rings. The molecule has 0 aromatic carbocycles. The first-order chi connectivity index (χ1) is 8.81. The van der Waals surface area contributed by atoms with E-state index in [9.17, 15) is 0 Å². The number of nitrogens with one attached hydrogen (secondary N) is 1. The van der Waals surface area contributed by atoms with E-state index in [-0.39, 0.29) is 0 Å². The number of piperidine rings is 1. The van der Waals surface area contributed by atoms with Crippen LogP contribution in [0.1, 0.15) is 36.6 Å². The average Bonchev–Trinajstić information content (AvgIpc) is 2.87. The van der Waals surface area contributed by atoms with Gasteiger partial charge < -0.3 is 5.32 Å². The van der Waals surface area contributed by atoms with Crippen molar-refractivity contribution in [1.82, 2.24) is 10.2 Å². The van der Waals surface area contributed by atoms with E-state index in [4.69, 9.17) is 0 Å². The van der Waals surface area contributed by atoms with Crippen molar-refractivity contribution in [2.45, 2.75) is 39.2 Å².